The van der Waals surface area contributed by atoms with Gasteiger partial charge in [0.05, 0.1) is 12.2 Å². The Morgan fingerprint density at radius 3 is 2.65 bits per heavy atom. The first-order valence-corrected chi connectivity index (χ1v) is 5.41. The average Bonchev–Trinajstić information content (AvgIpc) is 2.71. The van der Waals surface area contributed by atoms with E-state index in [0.29, 0.717) is 17.7 Å². The molecule has 88 valence electrons. The number of ketones is 1. The SMILES string of the molecule is CCOC(=O)c1ccn2cc(C(C)=O)cc2c1. The normalized spacial score (nSPS) is 10.5. The van der Waals surface area contributed by atoms with Gasteiger partial charge in [-0.15, -0.1) is 0 Å². The van der Waals surface area contributed by atoms with Crippen LogP contribution >= 0.6 is 0 Å². The molecule has 0 bridgehead atoms. The van der Waals surface area contributed by atoms with Crippen LogP contribution in [-0.4, -0.2) is 22.8 Å². The Hall–Kier alpha value is -2.10. The fourth-order valence-corrected chi connectivity index (χ4v) is 1.64. The lowest BCUT2D eigenvalue weighted by Crippen LogP contribution is -2.04. The zero-order valence-electron chi connectivity index (χ0n) is 9.77. The molecule has 0 atom stereocenters. The van der Waals surface area contributed by atoms with Crippen LogP contribution < -0.4 is 0 Å². The summed E-state index contributed by atoms with van der Waals surface area (Å²) in [6.07, 6.45) is 3.49. The van der Waals surface area contributed by atoms with E-state index < -0.39 is 0 Å². The molecule has 0 N–H and O–H groups in total. The number of aromatic nitrogens is 1. The van der Waals surface area contributed by atoms with E-state index in [0.717, 1.165) is 5.52 Å². The van der Waals surface area contributed by atoms with Crippen LogP contribution in [0, 0.1) is 0 Å². The molecule has 17 heavy (non-hydrogen) atoms. The zero-order chi connectivity index (χ0) is 12.4. The van der Waals surface area contributed by atoms with E-state index in [1.165, 1.54) is 6.92 Å². The second-order valence-electron chi connectivity index (χ2n) is 3.75. The summed E-state index contributed by atoms with van der Waals surface area (Å²) in [4.78, 5) is 22.8. The van der Waals surface area contributed by atoms with Gasteiger partial charge in [0.15, 0.2) is 5.78 Å². The minimum atomic E-state index is -0.347. The molecule has 0 aromatic carbocycles. The first kappa shape index (κ1) is 11.4. The highest BCUT2D eigenvalue weighted by molar-refractivity contribution is 5.96. The molecule has 0 aliphatic heterocycles. The van der Waals surface area contributed by atoms with Crippen molar-refractivity contribution in [3.63, 3.8) is 0 Å². The van der Waals surface area contributed by atoms with Crippen molar-refractivity contribution in [2.45, 2.75) is 13.8 Å². The van der Waals surface area contributed by atoms with Crippen LogP contribution in [0.3, 0.4) is 0 Å². The molecule has 0 spiro atoms. The third-order valence-corrected chi connectivity index (χ3v) is 2.52. The van der Waals surface area contributed by atoms with Crippen LogP contribution in [0.2, 0.25) is 0 Å². The lowest BCUT2D eigenvalue weighted by Gasteiger charge is -2.02. The molecule has 0 aliphatic rings. The van der Waals surface area contributed by atoms with Crippen molar-refractivity contribution in [3.05, 3.63) is 41.7 Å². The first-order valence-electron chi connectivity index (χ1n) is 5.41. The van der Waals surface area contributed by atoms with Crippen molar-refractivity contribution in [3.8, 4) is 0 Å². The second kappa shape index (κ2) is 4.41. The first-order chi connectivity index (χ1) is 8.11. The highest BCUT2D eigenvalue weighted by Gasteiger charge is 2.09. The maximum Gasteiger partial charge on any atom is 0.338 e. The maximum atomic E-state index is 11.5. The second-order valence-corrected chi connectivity index (χ2v) is 3.75. The Bertz CT molecular complexity index is 583. The summed E-state index contributed by atoms with van der Waals surface area (Å²) < 4.78 is 6.72. The molecule has 2 aromatic rings. The van der Waals surface area contributed by atoms with Gasteiger partial charge in [0.1, 0.15) is 0 Å². The monoisotopic (exact) mass is 231 g/mol. The summed E-state index contributed by atoms with van der Waals surface area (Å²) in [5, 5.41) is 0. The fourth-order valence-electron chi connectivity index (χ4n) is 1.64. The number of pyridine rings is 1. The molecule has 0 saturated carbocycles. The lowest BCUT2D eigenvalue weighted by atomic mass is 10.2. The molecule has 0 amide bonds. The number of Topliss-reactive ketones (excluding diaryl/α,β-unsaturated/α-hetero) is 1. The average molecular weight is 231 g/mol. The van der Waals surface area contributed by atoms with Gasteiger partial charge in [-0.1, -0.05) is 0 Å². The molecule has 2 heterocycles. The van der Waals surface area contributed by atoms with Crippen LogP contribution in [0.4, 0.5) is 0 Å². The van der Waals surface area contributed by atoms with Gasteiger partial charge in [-0.3, -0.25) is 4.79 Å². The topological polar surface area (TPSA) is 47.8 Å². The van der Waals surface area contributed by atoms with Gasteiger partial charge in [0.25, 0.3) is 0 Å². The molecule has 0 fully saturated rings. The van der Waals surface area contributed by atoms with Crippen molar-refractivity contribution < 1.29 is 14.3 Å². The van der Waals surface area contributed by atoms with E-state index >= 15 is 0 Å². The molecule has 2 rings (SSSR count). The van der Waals surface area contributed by atoms with Crippen LogP contribution in [0.25, 0.3) is 5.52 Å². The minimum absolute atomic E-state index is 0.00591. The van der Waals surface area contributed by atoms with E-state index in [1.54, 1.807) is 41.9 Å². The molecular formula is C13H13NO3. The molecular weight excluding hydrogens is 218 g/mol. The minimum Gasteiger partial charge on any atom is -0.462 e. The number of hydrogen-bond acceptors (Lipinski definition) is 3. The van der Waals surface area contributed by atoms with E-state index in [2.05, 4.69) is 0 Å². The molecule has 0 radical (unpaired) electrons. The molecule has 2 aromatic heterocycles. The van der Waals surface area contributed by atoms with Gasteiger partial charge in [0.2, 0.25) is 0 Å². The van der Waals surface area contributed by atoms with E-state index in [1.807, 2.05) is 0 Å². The Kier molecular flexibility index (Phi) is 2.95. The smallest absolute Gasteiger partial charge is 0.338 e. The number of carbonyl (C=O) groups is 2. The highest BCUT2D eigenvalue weighted by atomic mass is 16.5. The van der Waals surface area contributed by atoms with Crippen molar-refractivity contribution in [1.82, 2.24) is 4.40 Å². The molecule has 0 saturated heterocycles. The zero-order valence-corrected chi connectivity index (χ0v) is 9.77. The van der Waals surface area contributed by atoms with Crippen LogP contribution in [0.15, 0.2) is 30.6 Å². The van der Waals surface area contributed by atoms with Crippen molar-refractivity contribution in [2.24, 2.45) is 0 Å². The van der Waals surface area contributed by atoms with Gasteiger partial charge < -0.3 is 9.14 Å². The Morgan fingerprint density at radius 1 is 1.29 bits per heavy atom. The highest BCUT2D eigenvalue weighted by Crippen LogP contribution is 2.13. The summed E-state index contributed by atoms with van der Waals surface area (Å²) in [7, 11) is 0. The van der Waals surface area contributed by atoms with E-state index in [4.69, 9.17) is 4.74 Å². The molecule has 0 unspecified atom stereocenters. The Labute approximate surface area is 98.8 Å². The number of hydrogen-bond donors (Lipinski definition) is 0. The Balaban J connectivity index is 2.43. The molecule has 4 nitrogen and oxygen atoms in total. The van der Waals surface area contributed by atoms with E-state index in [9.17, 15) is 9.59 Å². The molecule has 0 aliphatic carbocycles. The lowest BCUT2D eigenvalue weighted by molar-refractivity contribution is 0.0526. The standard InChI is InChI=1S/C13H13NO3/c1-3-17-13(16)10-4-5-14-8-11(9(2)15)7-12(14)6-10/h4-8H,3H2,1-2H3. The number of nitrogens with zero attached hydrogens (tertiary/aromatic N) is 1. The van der Waals surface area contributed by atoms with Crippen LogP contribution in [0.5, 0.6) is 0 Å². The van der Waals surface area contributed by atoms with Gasteiger partial charge >= 0.3 is 5.97 Å². The summed E-state index contributed by atoms with van der Waals surface area (Å²) >= 11 is 0. The number of fused-ring (bicyclic) bond motifs is 1. The van der Waals surface area contributed by atoms with Gasteiger partial charge in [-0.2, -0.15) is 0 Å². The summed E-state index contributed by atoms with van der Waals surface area (Å²) in [6.45, 7) is 3.63. The number of ether oxygens (including phenoxy) is 1. The van der Waals surface area contributed by atoms with E-state index in [-0.39, 0.29) is 11.8 Å². The van der Waals surface area contributed by atoms with Gasteiger partial charge in [0, 0.05) is 23.5 Å². The number of carbonyl (C=O) groups excluding carboxylic acids is 2. The summed E-state index contributed by atoms with van der Waals surface area (Å²) in [6, 6.07) is 5.14. The Morgan fingerprint density at radius 2 is 2.00 bits per heavy atom. The third kappa shape index (κ3) is 2.20. The largest absolute Gasteiger partial charge is 0.462 e. The predicted octanol–water partition coefficient (Wildman–Crippen LogP) is 2.32. The van der Waals surface area contributed by atoms with Crippen molar-refractivity contribution >= 4 is 17.3 Å². The van der Waals surface area contributed by atoms with Crippen molar-refractivity contribution in [1.29, 1.82) is 0 Å². The van der Waals surface area contributed by atoms with Gasteiger partial charge in [-0.05, 0) is 32.0 Å². The van der Waals surface area contributed by atoms with Crippen molar-refractivity contribution in [2.75, 3.05) is 6.61 Å². The number of esters is 1. The molecule has 4 heteroatoms. The third-order valence-electron chi connectivity index (χ3n) is 2.52. The number of rotatable bonds is 3. The quantitative estimate of drug-likeness (QED) is 0.601. The summed E-state index contributed by atoms with van der Waals surface area (Å²) in [5.74, 6) is -0.341. The summed E-state index contributed by atoms with van der Waals surface area (Å²) in [5.41, 5.74) is 1.93. The van der Waals surface area contributed by atoms with Crippen LogP contribution in [0.1, 0.15) is 34.6 Å². The van der Waals surface area contributed by atoms with Crippen LogP contribution in [-0.2, 0) is 4.74 Å². The maximum absolute atomic E-state index is 11.5. The fraction of sp³-hybridized carbons (Fsp3) is 0.231. The van der Waals surface area contributed by atoms with Gasteiger partial charge in [-0.25, -0.2) is 4.79 Å². The predicted molar refractivity (Wildman–Crippen MR) is 63.4 cm³/mol.